The van der Waals surface area contributed by atoms with Gasteiger partial charge < -0.3 is 19.9 Å². The molecule has 3 rings (SSSR count). The van der Waals surface area contributed by atoms with Gasteiger partial charge in [0.05, 0.1) is 12.8 Å². The van der Waals surface area contributed by atoms with Crippen LogP contribution in [-0.4, -0.2) is 49.5 Å². The van der Waals surface area contributed by atoms with Gasteiger partial charge in [0.2, 0.25) is 11.8 Å². The van der Waals surface area contributed by atoms with Crippen LogP contribution in [0.1, 0.15) is 31.7 Å². The number of ether oxygens (including phenoxy) is 1. The van der Waals surface area contributed by atoms with E-state index in [0.717, 1.165) is 42.9 Å². The topological polar surface area (TPSA) is 61.9 Å². The third-order valence-electron chi connectivity index (χ3n) is 5.48. The molecule has 1 unspecified atom stereocenters. The van der Waals surface area contributed by atoms with Gasteiger partial charge in [0, 0.05) is 45.6 Å². The molecular weight excluding hydrogens is 378 g/mol. The Labute approximate surface area is 178 Å². The van der Waals surface area contributed by atoms with Gasteiger partial charge in [-0.1, -0.05) is 42.5 Å². The van der Waals surface area contributed by atoms with Crippen molar-refractivity contribution >= 4 is 17.5 Å². The van der Waals surface area contributed by atoms with Crippen molar-refractivity contribution in [2.45, 2.75) is 38.8 Å². The second kappa shape index (κ2) is 10.7. The first kappa shape index (κ1) is 21.7. The summed E-state index contributed by atoms with van der Waals surface area (Å²) in [4.78, 5) is 28.5. The first-order valence-electron chi connectivity index (χ1n) is 10.5. The Morgan fingerprint density at radius 1 is 1.13 bits per heavy atom. The normalized spacial score (nSPS) is 16.1. The molecule has 0 bridgehead atoms. The van der Waals surface area contributed by atoms with E-state index in [4.69, 9.17) is 4.74 Å². The zero-order valence-electron chi connectivity index (χ0n) is 17.8. The van der Waals surface area contributed by atoms with Gasteiger partial charge in [-0.05, 0) is 30.5 Å². The summed E-state index contributed by atoms with van der Waals surface area (Å²) in [5, 5.41) is 3.15. The van der Waals surface area contributed by atoms with Crippen molar-refractivity contribution in [3.8, 4) is 5.75 Å². The second-order valence-corrected chi connectivity index (χ2v) is 7.70. The van der Waals surface area contributed by atoms with Crippen molar-refractivity contribution in [2.75, 3.05) is 31.6 Å². The summed E-state index contributed by atoms with van der Waals surface area (Å²) < 4.78 is 5.48. The number of methoxy groups -OCH3 is 1. The van der Waals surface area contributed by atoms with E-state index in [0.29, 0.717) is 19.5 Å². The quantitative estimate of drug-likeness (QED) is 0.727. The molecule has 0 radical (unpaired) electrons. The van der Waals surface area contributed by atoms with E-state index in [1.807, 2.05) is 48.5 Å². The first-order chi connectivity index (χ1) is 14.6. The van der Waals surface area contributed by atoms with E-state index >= 15 is 0 Å². The number of para-hydroxylation sites is 2. The van der Waals surface area contributed by atoms with Crippen molar-refractivity contribution < 1.29 is 14.3 Å². The van der Waals surface area contributed by atoms with Gasteiger partial charge in [-0.3, -0.25) is 9.59 Å². The molecule has 1 saturated heterocycles. The number of carbonyl (C=O) groups excluding carboxylic acids is 2. The van der Waals surface area contributed by atoms with Crippen molar-refractivity contribution in [3.63, 3.8) is 0 Å². The highest BCUT2D eigenvalue weighted by Gasteiger charge is 2.23. The van der Waals surface area contributed by atoms with Crippen molar-refractivity contribution in [2.24, 2.45) is 0 Å². The summed E-state index contributed by atoms with van der Waals surface area (Å²) in [7, 11) is 1.68. The monoisotopic (exact) mass is 409 g/mol. The number of piperidine rings is 1. The number of rotatable bonds is 8. The second-order valence-electron chi connectivity index (χ2n) is 7.70. The molecule has 0 aromatic heterocycles. The highest BCUT2D eigenvalue weighted by Crippen LogP contribution is 2.29. The van der Waals surface area contributed by atoms with Gasteiger partial charge in [-0.25, -0.2) is 0 Å². The van der Waals surface area contributed by atoms with Gasteiger partial charge in [0.15, 0.2) is 0 Å². The molecule has 160 valence electrons. The zero-order chi connectivity index (χ0) is 21.3. The van der Waals surface area contributed by atoms with E-state index in [9.17, 15) is 9.59 Å². The van der Waals surface area contributed by atoms with Gasteiger partial charge in [-0.15, -0.1) is 0 Å². The first-order valence-corrected chi connectivity index (χ1v) is 10.5. The van der Waals surface area contributed by atoms with E-state index in [2.05, 4.69) is 16.3 Å². The summed E-state index contributed by atoms with van der Waals surface area (Å²) in [6.07, 6.45) is 2.27. The van der Waals surface area contributed by atoms with Gasteiger partial charge >= 0.3 is 0 Å². The van der Waals surface area contributed by atoms with Crippen LogP contribution in [0.3, 0.4) is 0 Å². The Morgan fingerprint density at radius 2 is 1.87 bits per heavy atom. The molecule has 1 fully saturated rings. The SMILES string of the molecule is COc1ccccc1N1CCCC(NC(=O)CCN(Cc2ccccc2)C(C)=O)C1. The van der Waals surface area contributed by atoms with Gasteiger partial charge in [0.1, 0.15) is 5.75 Å². The fraction of sp³-hybridized carbons (Fsp3) is 0.417. The fourth-order valence-corrected chi connectivity index (χ4v) is 3.89. The number of amides is 2. The summed E-state index contributed by atoms with van der Waals surface area (Å²) in [5.74, 6) is 0.815. The Bertz CT molecular complexity index is 841. The molecule has 30 heavy (non-hydrogen) atoms. The maximum atomic E-state index is 12.6. The molecule has 1 aliphatic heterocycles. The number of hydrogen-bond acceptors (Lipinski definition) is 4. The highest BCUT2D eigenvalue weighted by molar-refractivity contribution is 5.78. The molecule has 1 N–H and O–H groups in total. The predicted octanol–water partition coefficient (Wildman–Crippen LogP) is 3.22. The standard InChI is InChI=1S/C24H31N3O3/c1-19(28)26(17-20-9-4-3-5-10-20)16-14-24(29)25-21-11-8-15-27(18-21)22-12-6-7-13-23(22)30-2/h3-7,9-10,12-13,21H,8,11,14-18H2,1-2H3,(H,25,29). The molecule has 0 spiro atoms. The van der Waals surface area contributed by atoms with Crippen LogP contribution in [0.4, 0.5) is 5.69 Å². The molecule has 0 saturated carbocycles. The molecule has 6 heteroatoms. The molecule has 1 atom stereocenters. The smallest absolute Gasteiger partial charge is 0.222 e. The molecule has 1 aliphatic rings. The van der Waals surface area contributed by atoms with Crippen molar-refractivity contribution in [1.29, 1.82) is 0 Å². The average Bonchev–Trinajstić information content (AvgIpc) is 2.77. The molecule has 2 aromatic rings. The Kier molecular flexibility index (Phi) is 7.71. The highest BCUT2D eigenvalue weighted by atomic mass is 16.5. The number of anilines is 1. The van der Waals surface area contributed by atoms with Crippen LogP contribution in [0.2, 0.25) is 0 Å². The Morgan fingerprint density at radius 3 is 2.60 bits per heavy atom. The van der Waals surface area contributed by atoms with Crippen molar-refractivity contribution in [1.82, 2.24) is 10.2 Å². The zero-order valence-corrected chi connectivity index (χ0v) is 17.8. The molecule has 2 aromatic carbocycles. The van der Waals surface area contributed by atoms with Crippen LogP contribution < -0.4 is 15.0 Å². The predicted molar refractivity (Wildman–Crippen MR) is 119 cm³/mol. The lowest BCUT2D eigenvalue weighted by Gasteiger charge is -2.35. The number of benzene rings is 2. The Balaban J connectivity index is 1.51. The number of nitrogens with one attached hydrogen (secondary N) is 1. The van der Waals surface area contributed by atoms with Crippen LogP contribution in [0.5, 0.6) is 5.75 Å². The summed E-state index contributed by atoms with van der Waals surface area (Å²) in [5.41, 5.74) is 2.12. The molecule has 0 aliphatic carbocycles. The molecule has 6 nitrogen and oxygen atoms in total. The van der Waals surface area contributed by atoms with E-state index in [1.54, 1.807) is 18.9 Å². The summed E-state index contributed by atoms with van der Waals surface area (Å²) in [6.45, 7) is 4.19. The van der Waals surface area contributed by atoms with Gasteiger partial charge in [0.25, 0.3) is 0 Å². The minimum Gasteiger partial charge on any atom is -0.495 e. The lowest BCUT2D eigenvalue weighted by molar-refractivity contribution is -0.130. The fourth-order valence-electron chi connectivity index (χ4n) is 3.89. The van der Waals surface area contributed by atoms with Crippen LogP contribution in [0, 0.1) is 0 Å². The maximum absolute atomic E-state index is 12.6. The van der Waals surface area contributed by atoms with Gasteiger partial charge in [-0.2, -0.15) is 0 Å². The largest absolute Gasteiger partial charge is 0.495 e. The lowest BCUT2D eigenvalue weighted by Crippen LogP contribution is -2.48. The number of hydrogen-bond donors (Lipinski definition) is 1. The third-order valence-corrected chi connectivity index (χ3v) is 5.48. The third kappa shape index (κ3) is 5.99. The van der Waals surface area contributed by atoms with E-state index in [-0.39, 0.29) is 17.9 Å². The number of carbonyl (C=O) groups is 2. The Hall–Kier alpha value is -3.02. The summed E-state index contributed by atoms with van der Waals surface area (Å²) >= 11 is 0. The van der Waals surface area contributed by atoms with E-state index < -0.39 is 0 Å². The average molecular weight is 410 g/mol. The van der Waals surface area contributed by atoms with Crippen LogP contribution >= 0.6 is 0 Å². The van der Waals surface area contributed by atoms with E-state index in [1.165, 1.54) is 0 Å². The van der Waals surface area contributed by atoms with Crippen LogP contribution in [0.15, 0.2) is 54.6 Å². The van der Waals surface area contributed by atoms with Crippen LogP contribution in [-0.2, 0) is 16.1 Å². The number of nitrogens with zero attached hydrogens (tertiary/aromatic N) is 2. The molecular formula is C24H31N3O3. The molecule has 1 heterocycles. The minimum atomic E-state index is -0.0216. The minimum absolute atomic E-state index is 0.0128. The maximum Gasteiger partial charge on any atom is 0.222 e. The molecule has 2 amide bonds. The lowest BCUT2D eigenvalue weighted by atomic mass is 10.0. The van der Waals surface area contributed by atoms with Crippen molar-refractivity contribution in [3.05, 3.63) is 60.2 Å². The van der Waals surface area contributed by atoms with Crippen LogP contribution in [0.25, 0.3) is 0 Å². The summed E-state index contributed by atoms with van der Waals surface area (Å²) in [6, 6.07) is 17.9.